The number of hydrogen-bond donors (Lipinski definition) is 0. The number of hydrogen-bond acceptors (Lipinski definition) is 2. The molecule has 31 heavy (non-hydrogen) atoms. The molecule has 0 spiro atoms. The monoisotopic (exact) mass is 408 g/mol. The number of benzene rings is 3. The summed E-state index contributed by atoms with van der Waals surface area (Å²) in [7, 11) is 0. The van der Waals surface area contributed by atoms with Crippen molar-refractivity contribution in [3.63, 3.8) is 0 Å². The van der Waals surface area contributed by atoms with Gasteiger partial charge in [-0.25, -0.2) is 0 Å². The first-order chi connectivity index (χ1) is 15.3. The zero-order chi connectivity index (χ0) is 21.2. The molecule has 2 heterocycles. The Bertz CT molecular complexity index is 1270. The van der Waals surface area contributed by atoms with E-state index in [0.717, 1.165) is 45.6 Å². The predicted molar refractivity (Wildman–Crippen MR) is 126 cm³/mol. The van der Waals surface area contributed by atoms with Crippen molar-refractivity contribution in [3.8, 4) is 5.75 Å². The number of ether oxygens (including phenoxy) is 1. The highest BCUT2D eigenvalue weighted by molar-refractivity contribution is 6.36. The molecule has 0 fully saturated rings. The molecule has 0 N–H and O–H groups in total. The van der Waals surface area contributed by atoms with Crippen molar-refractivity contribution in [2.45, 2.75) is 13.5 Å². The molecule has 3 aromatic carbocycles. The predicted octanol–water partition coefficient (Wildman–Crippen LogP) is 5.63. The molecule has 0 radical (unpaired) electrons. The van der Waals surface area contributed by atoms with Gasteiger partial charge in [0.2, 0.25) is 0 Å². The zero-order valence-corrected chi connectivity index (χ0v) is 17.5. The Hall–Kier alpha value is -3.79. The molecular weight excluding hydrogens is 384 g/mol. The third-order valence-electron chi connectivity index (χ3n) is 5.74. The molecule has 5 rings (SSSR count). The minimum absolute atomic E-state index is 0.0629. The third kappa shape index (κ3) is 3.50. The van der Waals surface area contributed by atoms with Crippen molar-refractivity contribution in [1.82, 2.24) is 4.57 Å². The summed E-state index contributed by atoms with van der Waals surface area (Å²) < 4.78 is 8.10. The van der Waals surface area contributed by atoms with Gasteiger partial charge in [0.1, 0.15) is 12.4 Å². The maximum Gasteiger partial charge on any atom is 0.258 e. The molecule has 4 nitrogen and oxygen atoms in total. The molecule has 0 bridgehead atoms. The van der Waals surface area contributed by atoms with Crippen LogP contribution < -0.4 is 9.64 Å². The van der Waals surface area contributed by atoms with Crippen molar-refractivity contribution in [2.75, 3.05) is 18.1 Å². The zero-order valence-electron chi connectivity index (χ0n) is 17.5. The Morgan fingerprint density at radius 1 is 0.903 bits per heavy atom. The van der Waals surface area contributed by atoms with Crippen LogP contribution in [0.25, 0.3) is 22.6 Å². The van der Waals surface area contributed by atoms with Crippen molar-refractivity contribution in [2.24, 2.45) is 0 Å². The van der Waals surface area contributed by atoms with E-state index in [0.29, 0.717) is 13.2 Å². The molecule has 0 unspecified atom stereocenters. The first kappa shape index (κ1) is 19.2. The fourth-order valence-corrected chi connectivity index (χ4v) is 4.27. The molecule has 0 saturated carbocycles. The molecule has 1 aliphatic heterocycles. The van der Waals surface area contributed by atoms with E-state index in [1.165, 1.54) is 0 Å². The largest absolute Gasteiger partial charge is 0.492 e. The van der Waals surface area contributed by atoms with Gasteiger partial charge in [-0.2, -0.15) is 0 Å². The molecule has 0 atom stereocenters. The van der Waals surface area contributed by atoms with Gasteiger partial charge in [0.15, 0.2) is 0 Å². The van der Waals surface area contributed by atoms with Gasteiger partial charge in [0.25, 0.3) is 5.91 Å². The summed E-state index contributed by atoms with van der Waals surface area (Å²) in [5, 5.41) is 1.13. The SMILES string of the molecule is CCN1C(=O)C(=Cc2cn(CCOc3ccccc3)c3ccccc23)c2ccccc21. The van der Waals surface area contributed by atoms with Gasteiger partial charge in [-0.1, -0.05) is 54.6 Å². The highest BCUT2D eigenvalue weighted by atomic mass is 16.5. The summed E-state index contributed by atoms with van der Waals surface area (Å²) in [6.45, 7) is 3.97. The average molecular weight is 409 g/mol. The number of para-hydroxylation sites is 3. The normalized spacial score (nSPS) is 14.4. The molecular formula is C27H24N2O2. The van der Waals surface area contributed by atoms with Crippen LogP contribution >= 0.6 is 0 Å². The van der Waals surface area contributed by atoms with E-state index in [1.54, 1.807) is 0 Å². The van der Waals surface area contributed by atoms with Crippen LogP contribution in [-0.2, 0) is 11.3 Å². The lowest BCUT2D eigenvalue weighted by Gasteiger charge is -2.13. The number of amides is 1. The second-order valence-corrected chi connectivity index (χ2v) is 7.58. The van der Waals surface area contributed by atoms with Gasteiger partial charge >= 0.3 is 0 Å². The van der Waals surface area contributed by atoms with Crippen LogP contribution in [0, 0.1) is 0 Å². The maximum absolute atomic E-state index is 13.1. The molecule has 4 aromatic rings. The molecule has 1 aromatic heterocycles. The van der Waals surface area contributed by atoms with Gasteiger partial charge in [-0.15, -0.1) is 0 Å². The summed E-state index contributed by atoms with van der Waals surface area (Å²) in [6, 6.07) is 26.2. The molecule has 0 aliphatic carbocycles. The number of anilines is 1. The van der Waals surface area contributed by atoms with Crippen molar-refractivity contribution in [3.05, 3.63) is 96.2 Å². The van der Waals surface area contributed by atoms with Crippen LogP contribution in [0.2, 0.25) is 0 Å². The van der Waals surface area contributed by atoms with E-state index < -0.39 is 0 Å². The van der Waals surface area contributed by atoms with Crippen LogP contribution in [0.5, 0.6) is 5.75 Å². The molecule has 154 valence electrons. The number of nitrogens with zero attached hydrogens (tertiary/aromatic N) is 2. The minimum Gasteiger partial charge on any atom is -0.492 e. The quantitative estimate of drug-likeness (QED) is 0.388. The summed E-state index contributed by atoms with van der Waals surface area (Å²) >= 11 is 0. The Labute approximate surface area is 182 Å². The lowest BCUT2D eigenvalue weighted by Crippen LogP contribution is -2.25. The number of fused-ring (bicyclic) bond motifs is 2. The third-order valence-corrected chi connectivity index (χ3v) is 5.74. The number of aromatic nitrogens is 1. The van der Waals surface area contributed by atoms with E-state index >= 15 is 0 Å². The number of rotatable bonds is 6. The number of likely N-dealkylation sites (N-methyl/N-ethyl adjacent to an activating group) is 1. The Kier molecular flexibility index (Phi) is 5.04. The van der Waals surface area contributed by atoms with Crippen LogP contribution in [0.15, 0.2) is 85.1 Å². The lowest BCUT2D eigenvalue weighted by molar-refractivity contribution is -0.112. The number of carbonyl (C=O) groups is 1. The minimum atomic E-state index is 0.0629. The smallest absolute Gasteiger partial charge is 0.258 e. The molecule has 4 heteroatoms. The van der Waals surface area contributed by atoms with Crippen LogP contribution in [0.1, 0.15) is 18.1 Å². The van der Waals surface area contributed by atoms with Gasteiger partial charge in [-0.05, 0) is 37.3 Å². The summed E-state index contributed by atoms with van der Waals surface area (Å²) in [6.07, 6.45) is 4.16. The molecule has 0 saturated heterocycles. The fraction of sp³-hybridized carbons (Fsp3) is 0.148. The van der Waals surface area contributed by atoms with Crippen LogP contribution in [0.4, 0.5) is 5.69 Å². The van der Waals surface area contributed by atoms with Gasteiger partial charge in [-0.3, -0.25) is 4.79 Å². The Morgan fingerprint density at radius 2 is 1.65 bits per heavy atom. The summed E-state index contributed by atoms with van der Waals surface area (Å²) in [5.41, 5.74) is 4.92. The van der Waals surface area contributed by atoms with E-state index in [-0.39, 0.29) is 5.91 Å². The first-order valence-electron chi connectivity index (χ1n) is 10.6. The highest BCUT2D eigenvalue weighted by Gasteiger charge is 2.31. The second-order valence-electron chi connectivity index (χ2n) is 7.58. The maximum atomic E-state index is 13.1. The fourth-order valence-electron chi connectivity index (χ4n) is 4.27. The van der Waals surface area contributed by atoms with E-state index in [4.69, 9.17) is 4.74 Å². The molecule has 1 amide bonds. The highest BCUT2D eigenvalue weighted by Crippen LogP contribution is 2.38. The Balaban J connectivity index is 1.49. The topological polar surface area (TPSA) is 34.5 Å². The summed E-state index contributed by atoms with van der Waals surface area (Å²) in [4.78, 5) is 14.9. The first-order valence-corrected chi connectivity index (χ1v) is 10.6. The van der Waals surface area contributed by atoms with Gasteiger partial charge in [0, 0.05) is 40.3 Å². The van der Waals surface area contributed by atoms with Crippen LogP contribution in [0.3, 0.4) is 0 Å². The summed E-state index contributed by atoms with van der Waals surface area (Å²) in [5.74, 6) is 0.932. The standard InChI is InChI=1S/C27H24N2O2/c1-2-29-26-15-9-7-13-23(26)24(27(29)30)18-20-19-28(25-14-8-6-12-22(20)25)16-17-31-21-10-4-3-5-11-21/h3-15,18-19H,2,16-17H2,1H3. The average Bonchev–Trinajstić information content (AvgIpc) is 3.30. The van der Waals surface area contributed by atoms with Crippen molar-refractivity contribution < 1.29 is 9.53 Å². The lowest BCUT2D eigenvalue weighted by atomic mass is 10.0. The van der Waals surface area contributed by atoms with Gasteiger partial charge < -0.3 is 14.2 Å². The van der Waals surface area contributed by atoms with E-state index in [9.17, 15) is 4.79 Å². The van der Waals surface area contributed by atoms with Crippen molar-refractivity contribution in [1.29, 1.82) is 0 Å². The van der Waals surface area contributed by atoms with E-state index in [2.05, 4.69) is 22.9 Å². The molecule has 1 aliphatic rings. The Morgan fingerprint density at radius 3 is 2.48 bits per heavy atom. The van der Waals surface area contributed by atoms with Gasteiger partial charge in [0.05, 0.1) is 12.2 Å². The van der Waals surface area contributed by atoms with Crippen LogP contribution in [-0.4, -0.2) is 23.6 Å². The van der Waals surface area contributed by atoms with Crippen molar-refractivity contribution >= 4 is 34.1 Å². The number of carbonyl (C=O) groups excluding carboxylic acids is 1. The second kappa shape index (κ2) is 8.15. The van der Waals surface area contributed by atoms with E-state index in [1.807, 2.05) is 84.6 Å².